The zero-order chi connectivity index (χ0) is 17.2. The molecule has 0 amide bonds. The summed E-state index contributed by atoms with van der Waals surface area (Å²) in [6, 6.07) is 17.2. The molecule has 0 aliphatic rings. The van der Waals surface area contributed by atoms with Crippen LogP contribution in [0.15, 0.2) is 65.5 Å². The number of halogens is 1. The number of hydrogen-bond donors (Lipinski definition) is 0. The second-order valence-corrected chi connectivity index (χ2v) is 6.79. The van der Waals surface area contributed by atoms with Crippen molar-refractivity contribution in [1.29, 1.82) is 0 Å². The van der Waals surface area contributed by atoms with E-state index in [9.17, 15) is 4.79 Å². The van der Waals surface area contributed by atoms with Crippen LogP contribution >= 0.6 is 22.9 Å². The highest BCUT2D eigenvalue weighted by Gasteiger charge is 2.11. The number of allylic oxidation sites excluding steroid dienone is 1. The summed E-state index contributed by atoms with van der Waals surface area (Å²) in [4.78, 5) is 17.5. The molecule has 2 heterocycles. The van der Waals surface area contributed by atoms with Crippen LogP contribution in [0, 0.1) is 0 Å². The fourth-order valence-electron chi connectivity index (χ4n) is 2.41. The standard InChI is InChI=1S/C19H12ClN3OS/c20-15-10-5-9-14(12-15)17-21-19-23(22-17)18(24)16(25-19)11-4-8-13-6-2-1-3-7-13/h1-12H/b8-4-,16-11-. The quantitative estimate of drug-likeness (QED) is 0.556. The third-order valence-corrected chi connectivity index (χ3v) is 4.81. The Labute approximate surface area is 152 Å². The average molecular weight is 366 g/mol. The number of benzene rings is 2. The second-order valence-electron chi connectivity index (χ2n) is 5.35. The van der Waals surface area contributed by atoms with Gasteiger partial charge in [-0.1, -0.05) is 77.6 Å². The zero-order valence-electron chi connectivity index (χ0n) is 13.0. The van der Waals surface area contributed by atoms with Gasteiger partial charge in [0.05, 0.1) is 4.53 Å². The highest BCUT2D eigenvalue weighted by Crippen LogP contribution is 2.20. The maximum absolute atomic E-state index is 12.5. The van der Waals surface area contributed by atoms with Crippen molar-refractivity contribution in [2.75, 3.05) is 0 Å². The van der Waals surface area contributed by atoms with Gasteiger partial charge in [0.1, 0.15) is 0 Å². The van der Waals surface area contributed by atoms with E-state index in [1.807, 2.05) is 54.6 Å². The van der Waals surface area contributed by atoms with Crippen molar-refractivity contribution in [1.82, 2.24) is 14.6 Å². The summed E-state index contributed by atoms with van der Waals surface area (Å²) in [6.07, 6.45) is 5.60. The van der Waals surface area contributed by atoms with Crippen LogP contribution in [0.25, 0.3) is 28.5 Å². The van der Waals surface area contributed by atoms with Crippen LogP contribution in [0.1, 0.15) is 5.56 Å². The molecule has 2 aromatic heterocycles. The molecule has 0 spiro atoms. The van der Waals surface area contributed by atoms with Gasteiger partial charge in [0.2, 0.25) is 4.96 Å². The van der Waals surface area contributed by atoms with Gasteiger partial charge in [0.15, 0.2) is 5.82 Å². The Hall–Kier alpha value is -2.76. The predicted molar refractivity (Wildman–Crippen MR) is 103 cm³/mol. The van der Waals surface area contributed by atoms with E-state index in [1.165, 1.54) is 15.9 Å². The van der Waals surface area contributed by atoms with Gasteiger partial charge in [-0.05, 0) is 23.8 Å². The summed E-state index contributed by atoms with van der Waals surface area (Å²) < 4.78 is 1.93. The average Bonchev–Trinajstić information content (AvgIpc) is 3.16. The van der Waals surface area contributed by atoms with Crippen molar-refractivity contribution < 1.29 is 0 Å². The van der Waals surface area contributed by atoms with Crippen molar-refractivity contribution in [2.24, 2.45) is 0 Å². The lowest BCUT2D eigenvalue weighted by Gasteiger charge is -1.94. The van der Waals surface area contributed by atoms with Gasteiger partial charge in [-0.2, -0.15) is 9.50 Å². The molecule has 0 bridgehead atoms. The molecule has 25 heavy (non-hydrogen) atoms. The van der Waals surface area contributed by atoms with Crippen LogP contribution in [0.4, 0.5) is 0 Å². The van der Waals surface area contributed by atoms with E-state index in [0.717, 1.165) is 11.1 Å². The lowest BCUT2D eigenvalue weighted by Crippen LogP contribution is -2.23. The van der Waals surface area contributed by atoms with Crippen LogP contribution in [0.2, 0.25) is 5.02 Å². The molecular weight excluding hydrogens is 354 g/mol. The molecule has 4 aromatic rings. The molecule has 0 N–H and O–H groups in total. The predicted octanol–water partition coefficient (Wildman–Crippen LogP) is 3.68. The molecule has 6 heteroatoms. The Balaban J connectivity index is 1.70. The minimum atomic E-state index is -0.168. The molecule has 0 saturated heterocycles. The zero-order valence-corrected chi connectivity index (χ0v) is 14.5. The van der Waals surface area contributed by atoms with Crippen LogP contribution < -0.4 is 10.1 Å². The first-order valence-electron chi connectivity index (χ1n) is 7.60. The molecule has 2 aromatic carbocycles. The van der Waals surface area contributed by atoms with Gasteiger partial charge in [-0.25, -0.2) is 0 Å². The second kappa shape index (κ2) is 6.63. The van der Waals surface area contributed by atoms with E-state index >= 15 is 0 Å². The third-order valence-electron chi connectivity index (χ3n) is 3.60. The first kappa shape index (κ1) is 15.7. The number of fused-ring (bicyclic) bond motifs is 1. The SMILES string of the molecule is O=c1/c(=C/C=C\c2ccccc2)sc2nc(-c3cccc(Cl)c3)nn12. The Kier molecular flexibility index (Phi) is 4.17. The van der Waals surface area contributed by atoms with Crippen molar-refractivity contribution in [3.63, 3.8) is 0 Å². The van der Waals surface area contributed by atoms with Gasteiger partial charge in [0, 0.05) is 10.6 Å². The minimum Gasteiger partial charge on any atom is -0.266 e. The first-order chi connectivity index (χ1) is 12.2. The molecular formula is C19H12ClN3OS. The first-order valence-corrected chi connectivity index (χ1v) is 8.79. The number of nitrogens with zero attached hydrogens (tertiary/aromatic N) is 3. The molecule has 0 aliphatic carbocycles. The number of rotatable bonds is 3. The summed E-state index contributed by atoms with van der Waals surface area (Å²) in [6.45, 7) is 0. The number of hydrogen-bond acceptors (Lipinski definition) is 4. The molecule has 4 nitrogen and oxygen atoms in total. The van der Waals surface area contributed by atoms with E-state index in [2.05, 4.69) is 10.1 Å². The molecule has 122 valence electrons. The van der Waals surface area contributed by atoms with Gasteiger partial charge in [-0.3, -0.25) is 4.79 Å². The number of aromatic nitrogens is 3. The lowest BCUT2D eigenvalue weighted by atomic mass is 10.2. The minimum absolute atomic E-state index is 0.168. The van der Waals surface area contributed by atoms with E-state index < -0.39 is 0 Å². The summed E-state index contributed by atoms with van der Waals surface area (Å²) >= 11 is 7.31. The monoisotopic (exact) mass is 365 g/mol. The van der Waals surface area contributed by atoms with E-state index in [4.69, 9.17) is 11.6 Å². The van der Waals surface area contributed by atoms with Crippen molar-refractivity contribution >= 4 is 40.1 Å². The molecule has 0 aliphatic heterocycles. The summed E-state index contributed by atoms with van der Waals surface area (Å²) in [7, 11) is 0. The fraction of sp³-hybridized carbons (Fsp3) is 0. The van der Waals surface area contributed by atoms with E-state index in [-0.39, 0.29) is 5.56 Å². The maximum Gasteiger partial charge on any atom is 0.291 e. The molecule has 0 atom stereocenters. The van der Waals surface area contributed by atoms with Gasteiger partial charge < -0.3 is 0 Å². The Morgan fingerprint density at radius 2 is 1.92 bits per heavy atom. The fourth-order valence-corrected chi connectivity index (χ4v) is 3.46. The van der Waals surface area contributed by atoms with Crippen molar-refractivity contribution in [3.8, 4) is 11.4 Å². The Morgan fingerprint density at radius 3 is 2.68 bits per heavy atom. The highest BCUT2D eigenvalue weighted by molar-refractivity contribution is 7.15. The molecule has 0 saturated carbocycles. The Bertz CT molecular complexity index is 1180. The van der Waals surface area contributed by atoms with Gasteiger partial charge in [0.25, 0.3) is 5.56 Å². The van der Waals surface area contributed by atoms with Crippen molar-refractivity contribution in [3.05, 3.63) is 86.1 Å². The maximum atomic E-state index is 12.5. The molecule has 0 radical (unpaired) electrons. The molecule has 0 unspecified atom stereocenters. The molecule has 0 fully saturated rings. The summed E-state index contributed by atoms with van der Waals surface area (Å²) in [5.74, 6) is 0.497. The van der Waals surface area contributed by atoms with E-state index in [1.54, 1.807) is 18.2 Å². The number of thiazole rings is 1. The van der Waals surface area contributed by atoms with Gasteiger partial charge >= 0.3 is 0 Å². The van der Waals surface area contributed by atoms with Crippen LogP contribution in [-0.4, -0.2) is 14.6 Å². The largest absolute Gasteiger partial charge is 0.291 e. The topological polar surface area (TPSA) is 47.3 Å². The van der Waals surface area contributed by atoms with Crippen LogP contribution in [0.5, 0.6) is 0 Å². The summed E-state index contributed by atoms with van der Waals surface area (Å²) in [5, 5.41) is 4.92. The highest BCUT2D eigenvalue weighted by atomic mass is 35.5. The lowest BCUT2D eigenvalue weighted by molar-refractivity contribution is 0.937. The van der Waals surface area contributed by atoms with E-state index in [0.29, 0.717) is 20.3 Å². The van der Waals surface area contributed by atoms with Gasteiger partial charge in [-0.15, -0.1) is 5.10 Å². The molecule has 4 rings (SSSR count). The van der Waals surface area contributed by atoms with Crippen molar-refractivity contribution in [2.45, 2.75) is 0 Å². The van der Waals surface area contributed by atoms with Crippen LogP contribution in [-0.2, 0) is 0 Å². The van der Waals surface area contributed by atoms with Crippen LogP contribution in [0.3, 0.4) is 0 Å². The third kappa shape index (κ3) is 3.24. The summed E-state index contributed by atoms with van der Waals surface area (Å²) in [5.41, 5.74) is 1.70. The Morgan fingerprint density at radius 1 is 1.08 bits per heavy atom. The smallest absolute Gasteiger partial charge is 0.266 e. The normalized spacial score (nSPS) is 12.4.